The van der Waals surface area contributed by atoms with Gasteiger partial charge in [0.15, 0.2) is 5.82 Å². The Hall–Kier alpha value is -1.87. The van der Waals surface area contributed by atoms with Crippen molar-refractivity contribution < 1.29 is 27.5 Å². The number of halogens is 3. The van der Waals surface area contributed by atoms with Crippen LogP contribution in [-0.2, 0) is 10.3 Å². The van der Waals surface area contributed by atoms with Crippen molar-refractivity contribution in [3.05, 3.63) is 35.2 Å². The van der Waals surface area contributed by atoms with E-state index >= 15 is 0 Å². The largest absolute Gasteiger partial charge is 0.493 e. The molecule has 1 aliphatic carbocycles. The molecule has 2 rings (SSSR count). The Morgan fingerprint density at radius 1 is 1.17 bits per heavy atom. The lowest BCUT2D eigenvalue weighted by molar-refractivity contribution is -0.0949. The smallest absolute Gasteiger partial charge is 0.419 e. The molecular weight excluding hydrogens is 399 g/mol. The highest BCUT2D eigenvalue weighted by Gasteiger charge is 2.42. The van der Waals surface area contributed by atoms with Gasteiger partial charge in [0.1, 0.15) is 11.3 Å². The fourth-order valence-electron chi connectivity index (χ4n) is 3.25. The molecule has 1 aliphatic rings. The molecule has 0 bridgehead atoms. The molecule has 0 aliphatic heterocycles. The second-order valence-electron chi connectivity index (χ2n) is 8.14. The van der Waals surface area contributed by atoms with Crippen LogP contribution in [0.3, 0.4) is 0 Å². The molecule has 30 heavy (non-hydrogen) atoms. The summed E-state index contributed by atoms with van der Waals surface area (Å²) in [5.74, 6) is -1.16. The van der Waals surface area contributed by atoms with E-state index in [0.29, 0.717) is 6.42 Å². The maximum absolute atomic E-state index is 13.7. The normalized spacial score (nSPS) is 21.7. The summed E-state index contributed by atoms with van der Waals surface area (Å²) in [4.78, 5) is 4.13. The standard InChI is InChI=1S/C21H32F3N3O3/c1-4-5-6-7-8-9-10-29-17-11-14(2)15(12-16(17)21(22,23)24)18-26-19(30-27-18)20(3,25)13-28/h11-12,14-15,28H,4-10,13,25H2,1-3H3/t14?,15?,20-/m0/s1. The van der Waals surface area contributed by atoms with E-state index in [1.807, 2.05) is 0 Å². The molecule has 6 nitrogen and oxygen atoms in total. The predicted molar refractivity (Wildman–Crippen MR) is 106 cm³/mol. The number of alkyl halides is 3. The monoisotopic (exact) mass is 431 g/mol. The highest BCUT2D eigenvalue weighted by atomic mass is 19.4. The molecule has 2 unspecified atom stereocenters. The Morgan fingerprint density at radius 2 is 1.83 bits per heavy atom. The molecule has 3 N–H and O–H groups in total. The Kier molecular flexibility index (Phi) is 8.49. The number of aliphatic hydroxyl groups is 1. The summed E-state index contributed by atoms with van der Waals surface area (Å²) in [6, 6.07) is 0. The number of aliphatic hydroxyl groups excluding tert-OH is 1. The van der Waals surface area contributed by atoms with Crippen molar-refractivity contribution in [2.45, 2.75) is 76.9 Å². The predicted octanol–water partition coefficient (Wildman–Crippen LogP) is 4.72. The minimum absolute atomic E-state index is 0.0248. The Morgan fingerprint density at radius 3 is 2.47 bits per heavy atom. The molecule has 9 heteroatoms. The van der Waals surface area contributed by atoms with Crippen LogP contribution in [0, 0.1) is 5.92 Å². The first kappa shape index (κ1) is 24.4. The summed E-state index contributed by atoms with van der Waals surface area (Å²) in [5.41, 5.74) is 3.77. The van der Waals surface area contributed by atoms with Gasteiger partial charge in [-0.2, -0.15) is 18.2 Å². The van der Waals surface area contributed by atoms with Crippen molar-refractivity contribution in [1.82, 2.24) is 10.1 Å². The number of nitrogens with zero attached hydrogens (tertiary/aromatic N) is 2. The lowest BCUT2D eigenvalue weighted by Gasteiger charge is -2.26. The highest BCUT2D eigenvalue weighted by molar-refractivity contribution is 5.38. The number of nitrogens with two attached hydrogens (primary N) is 1. The molecule has 1 aromatic heterocycles. The molecule has 0 saturated carbocycles. The van der Waals surface area contributed by atoms with E-state index in [4.69, 9.17) is 15.0 Å². The topological polar surface area (TPSA) is 94.4 Å². The number of allylic oxidation sites excluding steroid dienone is 3. The molecule has 0 saturated heterocycles. The van der Waals surface area contributed by atoms with Crippen LogP contribution in [0.4, 0.5) is 13.2 Å². The average molecular weight is 431 g/mol. The second-order valence-corrected chi connectivity index (χ2v) is 8.14. The minimum Gasteiger partial charge on any atom is -0.493 e. The molecule has 3 atom stereocenters. The van der Waals surface area contributed by atoms with Crippen LogP contribution in [0.1, 0.15) is 76.9 Å². The number of unbranched alkanes of at least 4 members (excludes halogenated alkanes) is 5. The zero-order valence-electron chi connectivity index (χ0n) is 17.8. The van der Waals surface area contributed by atoms with Gasteiger partial charge in [-0.3, -0.25) is 0 Å². The third-order valence-corrected chi connectivity index (χ3v) is 5.21. The Balaban J connectivity index is 2.10. The van der Waals surface area contributed by atoms with Gasteiger partial charge in [0.05, 0.1) is 18.8 Å². The molecular formula is C21H32F3N3O3. The van der Waals surface area contributed by atoms with E-state index in [-0.39, 0.29) is 30.0 Å². The van der Waals surface area contributed by atoms with Crippen molar-refractivity contribution in [3.63, 3.8) is 0 Å². The van der Waals surface area contributed by atoms with Crippen LogP contribution in [-0.4, -0.2) is 34.6 Å². The quantitative estimate of drug-likeness (QED) is 0.493. The van der Waals surface area contributed by atoms with E-state index in [0.717, 1.165) is 31.8 Å². The number of rotatable bonds is 11. The molecule has 0 spiro atoms. The molecule has 1 heterocycles. The lowest BCUT2D eigenvalue weighted by Crippen LogP contribution is -2.37. The van der Waals surface area contributed by atoms with Gasteiger partial charge in [0.2, 0.25) is 5.89 Å². The van der Waals surface area contributed by atoms with Gasteiger partial charge in [-0.15, -0.1) is 0 Å². The second kappa shape index (κ2) is 10.4. The molecule has 0 amide bonds. The fraction of sp³-hybridized carbons (Fsp3) is 0.714. The Bertz CT molecular complexity index is 741. The van der Waals surface area contributed by atoms with Crippen molar-refractivity contribution in [2.24, 2.45) is 11.7 Å². The van der Waals surface area contributed by atoms with Crippen LogP contribution >= 0.6 is 0 Å². The molecule has 0 radical (unpaired) electrons. The van der Waals surface area contributed by atoms with E-state index in [1.54, 1.807) is 6.92 Å². The molecule has 1 aromatic rings. The Labute approximate surface area is 175 Å². The van der Waals surface area contributed by atoms with Gasteiger partial charge in [0, 0.05) is 5.92 Å². The lowest BCUT2D eigenvalue weighted by atomic mass is 9.85. The van der Waals surface area contributed by atoms with E-state index in [1.165, 1.54) is 19.4 Å². The van der Waals surface area contributed by atoms with Crippen LogP contribution < -0.4 is 5.73 Å². The zero-order valence-corrected chi connectivity index (χ0v) is 17.8. The summed E-state index contributed by atoms with van der Waals surface area (Å²) in [5, 5.41) is 13.1. The maximum atomic E-state index is 13.7. The van der Waals surface area contributed by atoms with Crippen LogP contribution in [0.25, 0.3) is 0 Å². The highest BCUT2D eigenvalue weighted by Crippen LogP contribution is 2.41. The maximum Gasteiger partial charge on any atom is 0.419 e. The third-order valence-electron chi connectivity index (χ3n) is 5.21. The van der Waals surface area contributed by atoms with Gasteiger partial charge in [-0.25, -0.2) is 0 Å². The van der Waals surface area contributed by atoms with Crippen molar-refractivity contribution in [1.29, 1.82) is 0 Å². The van der Waals surface area contributed by atoms with Gasteiger partial charge in [0.25, 0.3) is 0 Å². The van der Waals surface area contributed by atoms with Crippen LogP contribution in [0.15, 0.2) is 28.0 Å². The van der Waals surface area contributed by atoms with Gasteiger partial charge in [-0.05, 0) is 25.3 Å². The first-order chi connectivity index (χ1) is 14.1. The first-order valence-corrected chi connectivity index (χ1v) is 10.5. The number of hydrogen-bond acceptors (Lipinski definition) is 6. The van der Waals surface area contributed by atoms with Crippen molar-refractivity contribution in [2.75, 3.05) is 13.2 Å². The number of aromatic nitrogens is 2. The van der Waals surface area contributed by atoms with E-state index in [9.17, 15) is 18.3 Å². The van der Waals surface area contributed by atoms with Crippen LogP contribution in [0.5, 0.6) is 0 Å². The van der Waals surface area contributed by atoms with E-state index < -0.39 is 29.8 Å². The van der Waals surface area contributed by atoms with Gasteiger partial charge < -0.3 is 20.1 Å². The molecule has 0 aromatic carbocycles. The summed E-state index contributed by atoms with van der Waals surface area (Å²) < 4.78 is 51.6. The summed E-state index contributed by atoms with van der Waals surface area (Å²) in [6.07, 6.45) is 4.16. The van der Waals surface area contributed by atoms with Crippen molar-refractivity contribution >= 4 is 0 Å². The average Bonchev–Trinajstić information content (AvgIpc) is 3.17. The van der Waals surface area contributed by atoms with E-state index in [2.05, 4.69) is 17.1 Å². The summed E-state index contributed by atoms with van der Waals surface area (Å²) >= 11 is 0. The SMILES string of the molecule is CCCCCCCCOC1=CC(C)C(c2noc([C@@](C)(N)CO)n2)C=C1C(F)(F)F. The van der Waals surface area contributed by atoms with Crippen LogP contribution in [0.2, 0.25) is 0 Å². The summed E-state index contributed by atoms with van der Waals surface area (Å²) in [7, 11) is 0. The molecule has 170 valence electrons. The zero-order chi connectivity index (χ0) is 22.4. The van der Waals surface area contributed by atoms with Gasteiger partial charge >= 0.3 is 6.18 Å². The molecule has 0 fully saturated rings. The minimum atomic E-state index is -4.56. The number of ether oxygens (including phenoxy) is 1. The number of hydrogen-bond donors (Lipinski definition) is 2. The first-order valence-electron chi connectivity index (χ1n) is 10.5. The third kappa shape index (κ3) is 6.31. The fourth-order valence-corrected chi connectivity index (χ4v) is 3.25. The van der Waals surface area contributed by atoms with Gasteiger partial charge in [-0.1, -0.05) is 57.2 Å². The van der Waals surface area contributed by atoms with Crippen molar-refractivity contribution in [3.8, 4) is 0 Å². The summed E-state index contributed by atoms with van der Waals surface area (Å²) in [6.45, 7) is 5.21.